The molecule has 5 atom stereocenters. The van der Waals surface area contributed by atoms with E-state index in [9.17, 15) is 33.3 Å². The molecular weight excluding hydrogens is 739 g/mol. The maximum absolute atomic E-state index is 14.0. The van der Waals surface area contributed by atoms with E-state index in [2.05, 4.69) is 10.3 Å². The van der Waals surface area contributed by atoms with Gasteiger partial charge in [0, 0.05) is 64.7 Å². The lowest BCUT2D eigenvalue weighted by Gasteiger charge is -2.35. The van der Waals surface area contributed by atoms with Crippen molar-refractivity contribution >= 4 is 49.7 Å². The quantitative estimate of drug-likeness (QED) is 0.0852. The molecule has 3 fully saturated rings. The van der Waals surface area contributed by atoms with E-state index in [0.717, 1.165) is 26.7 Å². The molecule has 0 radical (unpaired) electrons. The SMILES string of the molecule is CCCCOC(=O)N1CCN(C(=O)[C@H](C[P+](=O)OC(OC(C)=O)OC(C)=O)NC(=O)c2cc(N3C[C@@H]4C(C(=O)OCC)[C@@H]4C3)nc(-c3ccccc3)n2)CC1. The third kappa shape index (κ3) is 10.9. The number of anilines is 1. The fourth-order valence-electron chi connectivity index (χ4n) is 6.50. The summed E-state index contributed by atoms with van der Waals surface area (Å²) in [7, 11) is -2.90. The Morgan fingerprint density at radius 3 is 2.13 bits per heavy atom. The number of nitrogens with one attached hydrogen (secondary N) is 1. The van der Waals surface area contributed by atoms with Crippen molar-refractivity contribution in [2.75, 3.05) is 63.5 Å². The summed E-state index contributed by atoms with van der Waals surface area (Å²) >= 11 is 0. The summed E-state index contributed by atoms with van der Waals surface area (Å²) < 4.78 is 38.6. The minimum atomic E-state index is -2.90. The van der Waals surface area contributed by atoms with Crippen molar-refractivity contribution in [3.05, 3.63) is 42.1 Å². The molecule has 18 nitrogen and oxygen atoms in total. The molecule has 3 amide bonds. The number of aromatic nitrogens is 2. The lowest BCUT2D eigenvalue weighted by Crippen LogP contribution is -2.56. The van der Waals surface area contributed by atoms with Crippen LogP contribution in [0.25, 0.3) is 11.4 Å². The number of nitrogens with zero attached hydrogens (tertiary/aromatic N) is 5. The number of amides is 3. The predicted molar refractivity (Wildman–Crippen MR) is 193 cm³/mol. The van der Waals surface area contributed by atoms with Crippen LogP contribution in [0.4, 0.5) is 10.6 Å². The average molecular weight is 786 g/mol. The molecule has 2 saturated heterocycles. The normalized spacial score (nSPS) is 19.5. The molecule has 1 N–H and O–H groups in total. The van der Waals surface area contributed by atoms with Crippen LogP contribution in [-0.2, 0) is 47.2 Å². The molecule has 0 spiro atoms. The molecule has 2 aromatic rings. The summed E-state index contributed by atoms with van der Waals surface area (Å²) in [5.41, 5.74) is 0.544. The minimum absolute atomic E-state index is 0.0855. The van der Waals surface area contributed by atoms with Crippen molar-refractivity contribution in [3.8, 4) is 11.4 Å². The Morgan fingerprint density at radius 1 is 0.891 bits per heavy atom. The molecular formula is C36H46N6O12P+. The van der Waals surface area contributed by atoms with E-state index in [4.69, 9.17) is 28.5 Å². The second-order valence-electron chi connectivity index (χ2n) is 13.2. The van der Waals surface area contributed by atoms with Crippen molar-refractivity contribution in [1.82, 2.24) is 25.1 Å². The fourth-order valence-corrected chi connectivity index (χ4v) is 7.41. The van der Waals surface area contributed by atoms with Crippen molar-refractivity contribution in [1.29, 1.82) is 0 Å². The molecule has 0 bridgehead atoms. The highest BCUT2D eigenvalue weighted by molar-refractivity contribution is 7.39. The molecule has 1 aliphatic carbocycles. The van der Waals surface area contributed by atoms with E-state index >= 15 is 0 Å². The van der Waals surface area contributed by atoms with Gasteiger partial charge in [0.15, 0.2) is 11.9 Å². The summed E-state index contributed by atoms with van der Waals surface area (Å²) in [4.78, 5) is 90.2. The van der Waals surface area contributed by atoms with Gasteiger partial charge in [-0.3, -0.25) is 24.0 Å². The monoisotopic (exact) mass is 785 g/mol. The zero-order valence-corrected chi connectivity index (χ0v) is 32.1. The Bertz CT molecular complexity index is 1730. The molecule has 2 aliphatic heterocycles. The number of unbranched alkanes of at least 4 members (excludes halogenated alkanes) is 1. The highest BCUT2D eigenvalue weighted by Gasteiger charge is 2.60. The van der Waals surface area contributed by atoms with Gasteiger partial charge in [0.25, 0.3) is 5.91 Å². The van der Waals surface area contributed by atoms with Crippen LogP contribution in [0.3, 0.4) is 0 Å². The van der Waals surface area contributed by atoms with Crippen molar-refractivity contribution in [2.24, 2.45) is 17.8 Å². The maximum atomic E-state index is 14.0. The van der Waals surface area contributed by atoms with Gasteiger partial charge in [0.05, 0.1) is 19.1 Å². The number of carbonyl (C=O) groups is 6. The zero-order chi connectivity index (χ0) is 39.6. The number of rotatable bonds is 16. The number of fused-ring (bicyclic) bond motifs is 1. The summed E-state index contributed by atoms with van der Waals surface area (Å²) in [6.07, 6.45) is 0.478. The molecule has 19 heteroatoms. The van der Waals surface area contributed by atoms with E-state index in [-0.39, 0.29) is 68.0 Å². The van der Waals surface area contributed by atoms with Gasteiger partial charge < -0.3 is 39.0 Å². The summed E-state index contributed by atoms with van der Waals surface area (Å²) in [6.45, 7) is 5.96. The van der Waals surface area contributed by atoms with Gasteiger partial charge in [-0.2, -0.15) is 0 Å². The topological polar surface area (TPSA) is 213 Å². The van der Waals surface area contributed by atoms with Crippen LogP contribution in [0.1, 0.15) is 51.0 Å². The highest BCUT2D eigenvalue weighted by Crippen LogP contribution is 2.53. The van der Waals surface area contributed by atoms with Gasteiger partial charge >= 0.3 is 38.5 Å². The molecule has 3 aliphatic rings. The van der Waals surface area contributed by atoms with Gasteiger partial charge in [-0.25, -0.2) is 14.8 Å². The zero-order valence-electron chi connectivity index (χ0n) is 31.2. The van der Waals surface area contributed by atoms with Gasteiger partial charge in [0.2, 0.25) is 12.1 Å². The molecule has 55 heavy (non-hydrogen) atoms. The van der Waals surface area contributed by atoms with Gasteiger partial charge in [-0.1, -0.05) is 48.2 Å². The second-order valence-corrected chi connectivity index (χ2v) is 14.5. The largest absolute Gasteiger partial charge is 0.518 e. The Hall–Kier alpha value is -5.22. The van der Waals surface area contributed by atoms with Crippen LogP contribution < -0.4 is 10.2 Å². The molecule has 1 aromatic carbocycles. The number of benzene rings is 1. The lowest BCUT2D eigenvalue weighted by atomic mass is 10.2. The molecule has 2 unspecified atom stereocenters. The number of ether oxygens (including phenoxy) is 4. The van der Waals surface area contributed by atoms with Crippen molar-refractivity contribution in [2.45, 2.75) is 53.1 Å². The number of hydrogen-bond acceptors (Lipinski definition) is 15. The summed E-state index contributed by atoms with van der Waals surface area (Å²) in [6, 6.07) is 9.03. The molecule has 296 valence electrons. The van der Waals surface area contributed by atoms with Crippen LogP contribution >= 0.6 is 8.03 Å². The minimum Gasteiger partial charge on any atom is -0.466 e. The molecule has 1 saturated carbocycles. The first kappa shape index (κ1) is 41.0. The maximum Gasteiger partial charge on any atom is 0.518 e. The van der Waals surface area contributed by atoms with E-state index in [1.165, 1.54) is 15.9 Å². The smallest absolute Gasteiger partial charge is 0.466 e. The standard InChI is InChI=1S/C36H45N6O12P/c1-5-7-17-51-35(48)41-15-13-40(14-16-41)33(46)28(21-55(49)54-36(52-22(3)43)53-23(4)44)38-32(45)27-18-29(39-31(37-27)24-11-9-8-10-12-24)42-19-25-26(20-42)30(25)34(47)50-6-2/h8-12,18,25-26,28,30,36H,5-7,13-17,19-21H2,1-4H3/p+1/t25-,26+,28-,30?/m0/s1. The fraction of sp³-hybridized carbons (Fsp3) is 0.556. The first-order chi connectivity index (χ1) is 26.4. The lowest BCUT2D eigenvalue weighted by molar-refractivity contribution is -0.231. The number of hydrogen-bond donors (Lipinski definition) is 1. The molecule has 5 rings (SSSR count). The van der Waals surface area contributed by atoms with E-state index < -0.39 is 56.6 Å². The molecule has 3 heterocycles. The Balaban J connectivity index is 1.36. The van der Waals surface area contributed by atoms with Crippen molar-refractivity contribution < 1.29 is 56.8 Å². The van der Waals surface area contributed by atoms with Crippen molar-refractivity contribution in [3.63, 3.8) is 0 Å². The van der Waals surface area contributed by atoms with Gasteiger partial charge in [-0.05, 0) is 29.7 Å². The summed E-state index contributed by atoms with van der Waals surface area (Å²) in [5, 5.41) is 2.65. The van der Waals surface area contributed by atoms with Crippen LogP contribution in [0.2, 0.25) is 0 Å². The number of piperidine rings is 1. The van der Waals surface area contributed by atoms with E-state index in [1.807, 2.05) is 17.9 Å². The van der Waals surface area contributed by atoms with E-state index in [0.29, 0.717) is 31.1 Å². The second kappa shape index (κ2) is 18.9. The molecule has 1 aromatic heterocycles. The Labute approximate surface area is 319 Å². The Morgan fingerprint density at radius 2 is 1.53 bits per heavy atom. The third-order valence-corrected chi connectivity index (χ3v) is 10.4. The number of carbonyl (C=O) groups excluding carboxylic acids is 6. The van der Waals surface area contributed by atoms with Gasteiger partial charge in [-0.15, -0.1) is 0 Å². The number of piperazine rings is 1. The first-order valence-corrected chi connectivity index (χ1v) is 19.6. The van der Waals surface area contributed by atoms with E-state index in [1.54, 1.807) is 31.2 Å². The first-order valence-electron chi connectivity index (χ1n) is 18.2. The van der Waals surface area contributed by atoms with Crippen LogP contribution in [0.5, 0.6) is 0 Å². The predicted octanol–water partition coefficient (Wildman–Crippen LogP) is 2.74. The summed E-state index contributed by atoms with van der Waals surface area (Å²) in [5.74, 6) is -2.72. The Kier molecular flexibility index (Phi) is 14.1. The third-order valence-electron chi connectivity index (χ3n) is 9.29. The number of esters is 3. The van der Waals surface area contributed by atoms with Gasteiger partial charge in [0.1, 0.15) is 11.5 Å². The highest BCUT2D eigenvalue weighted by atomic mass is 31.1. The van der Waals surface area contributed by atoms with Crippen LogP contribution in [0.15, 0.2) is 36.4 Å². The van der Waals surface area contributed by atoms with Crippen LogP contribution in [-0.4, -0.2) is 127 Å². The average Bonchev–Trinajstić information content (AvgIpc) is 3.66. The van der Waals surface area contributed by atoms with Crippen LogP contribution in [0, 0.1) is 17.8 Å².